The molecule has 0 bridgehead atoms. The highest BCUT2D eigenvalue weighted by Crippen LogP contribution is 2.31. The fraction of sp³-hybridized carbons (Fsp3) is 0.538. The normalized spacial score (nSPS) is 24.9. The van der Waals surface area contributed by atoms with Crippen LogP contribution in [0.25, 0.3) is 0 Å². The van der Waals surface area contributed by atoms with Crippen LogP contribution in [0.1, 0.15) is 24.8 Å². The highest BCUT2D eigenvalue weighted by molar-refractivity contribution is 9.10. The number of halogens is 2. The van der Waals surface area contributed by atoms with Gasteiger partial charge >= 0.3 is 0 Å². The van der Waals surface area contributed by atoms with E-state index in [4.69, 9.17) is 0 Å². The van der Waals surface area contributed by atoms with E-state index in [0.29, 0.717) is 12.0 Å². The van der Waals surface area contributed by atoms with Gasteiger partial charge in [0.25, 0.3) is 0 Å². The van der Waals surface area contributed by atoms with E-state index in [1.165, 1.54) is 25.3 Å². The molecule has 1 aromatic carbocycles. The topological polar surface area (TPSA) is 12.0 Å². The van der Waals surface area contributed by atoms with E-state index >= 15 is 0 Å². The molecule has 16 heavy (non-hydrogen) atoms. The van der Waals surface area contributed by atoms with Crippen molar-refractivity contribution >= 4 is 15.9 Å². The third kappa shape index (κ3) is 2.64. The summed E-state index contributed by atoms with van der Waals surface area (Å²) in [6.45, 7) is 0. The molecule has 0 amide bonds. The Morgan fingerprint density at radius 3 is 3.00 bits per heavy atom. The molecule has 0 aliphatic heterocycles. The van der Waals surface area contributed by atoms with Gasteiger partial charge in [0.15, 0.2) is 0 Å². The van der Waals surface area contributed by atoms with Gasteiger partial charge in [0.05, 0.1) is 0 Å². The van der Waals surface area contributed by atoms with Crippen LogP contribution in [-0.2, 0) is 6.42 Å². The van der Waals surface area contributed by atoms with Gasteiger partial charge in [0.1, 0.15) is 5.82 Å². The highest BCUT2D eigenvalue weighted by atomic mass is 79.9. The molecule has 1 nitrogen and oxygen atoms in total. The second-order valence-electron chi connectivity index (χ2n) is 4.53. The molecule has 2 rings (SSSR count). The molecule has 88 valence electrons. The number of nitrogens with one attached hydrogen (secondary N) is 1. The third-order valence-electron chi connectivity index (χ3n) is 3.52. The third-order valence-corrected chi connectivity index (χ3v) is 4.29. The van der Waals surface area contributed by atoms with E-state index in [1.807, 2.05) is 7.05 Å². The summed E-state index contributed by atoms with van der Waals surface area (Å²) < 4.78 is 14.2. The minimum atomic E-state index is -0.141. The number of hydrogen-bond donors (Lipinski definition) is 1. The van der Waals surface area contributed by atoms with Gasteiger partial charge in [-0.2, -0.15) is 0 Å². The quantitative estimate of drug-likeness (QED) is 0.896. The predicted octanol–water partition coefficient (Wildman–Crippen LogP) is 3.52. The monoisotopic (exact) mass is 285 g/mol. The Bertz CT molecular complexity index is 367. The molecular weight excluding hydrogens is 269 g/mol. The van der Waals surface area contributed by atoms with Crippen LogP contribution in [0.5, 0.6) is 0 Å². The Morgan fingerprint density at radius 1 is 1.44 bits per heavy atom. The number of hydrogen-bond acceptors (Lipinski definition) is 1. The molecule has 1 aliphatic carbocycles. The van der Waals surface area contributed by atoms with Crippen molar-refractivity contribution < 1.29 is 4.39 Å². The summed E-state index contributed by atoms with van der Waals surface area (Å²) in [5, 5.41) is 3.36. The van der Waals surface area contributed by atoms with Crippen molar-refractivity contribution in [1.29, 1.82) is 0 Å². The largest absolute Gasteiger partial charge is 0.317 e. The first kappa shape index (κ1) is 12.1. The second kappa shape index (κ2) is 5.28. The first-order valence-corrected chi connectivity index (χ1v) is 6.61. The number of rotatable bonds is 3. The molecular formula is C13H17BrFN. The summed E-state index contributed by atoms with van der Waals surface area (Å²) in [5.74, 6) is 0.500. The van der Waals surface area contributed by atoms with Crippen LogP contribution >= 0.6 is 15.9 Å². The Balaban J connectivity index is 2.11. The van der Waals surface area contributed by atoms with Crippen LogP contribution in [-0.4, -0.2) is 13.1 Å². The molecule has 0 saturated heterocycles. The van der Waals surface area contributed by atoms with E-state index in [0.717, 1.165) is 16.5 Å². The van der Waals surface area contributed by atoms with E-state index in [1.54, 1.807) is 12.1 Å². The SMILES string of the molecule is CNC1CCCC1Cc1cc(F)ccc1Br. The fourth-order valence-electron chi connectivity index (χ4n) is 2.64. The van der Waals surface area contributed by atoms with E-state index in [2.05, 4.69) is 21.2 Å². The maximum Gasteiger partial charge on any atom is 0.123 e. The molecule has 0 aromatic heterocycles. The van der Waals surface area contributed by atoms with Gasteiger partial charge in [-0.1, -0.05) is 22.4 Å². The average Bonchev–Trinajstić information content (AvgIpc) is 2.71. The maximum absolute atomic E-state index is 13.2. The Labute approximate surface area is 105 Å². The summed E-state index contributed by atoms with van der Waals surface area (Å²) >= 11 is 3.49. The van der Waals surface area contributed by atoms with Gasteiger partial charge in [0, 0.05) is 10.5 Å². The van der Waals surface area contributed by atoms with Gasteiger partial charge in [-0.25, -0.2) is 4.39 Å². The molecule has 0 heterocycles. The summed E-state index contributed by atoms with van der Waals surface area (Å²) in [5.41, 5.74) is 1.09. The molecule has 2 atom stereocenters. The minimum absolute atomic E-state index is 0.141. The van der Waals surface area contributed by atoms with Crippen LogP contribution in [0, 0.1) is 11.7 Å². The molecule has 2 unspecified atom stereocenters. The van der Waals surface area contributed by atoms with Gasteiger partial charge in [0.2, 0.25) is 0 Å². The van der Waals surface area contributed by atoms with Crippen molar-refractivity contribution in [3.8, 4) is 0 Å². The Kier molecular flexibility index (Phi) is 3.98. The molecule has 1 aliphatic rings. The van der Waals surface area contributed by atoms with Crippen molar-refractivity contribution in [2.24, 2.45) is 5.92 Å². The van der Waals surface area contributed by atoms with Gasteiger partial charge < -0.3 is 5.32 Å². The molecule has 1 saturated carbocycles. The molecule has 0 radical (unpaired) electrons. The van der Waals surface area contributed by atoms with Crippen LogP contribution in [0.2, 0.25) is 0 Å². The summed E-state index contributed by atoms with van der Waals surface area (Å²) in [6, 6.07) is 5.54. The van der Waals surface area contributed by atoms with E-state index in [-0.39, 0.29) is 5.82 Å². The lowest BCUT2D eigenvalue weighted by Crippen LogP contribution is -2.30. The van der Waals surface area contributed by atoms with Crippen LogP contribution in [0.3, 0.4) is 0 Å². The van der Waals surface area contributed by atoms with Gasteiger partial charge in [-0.15, -0.1) is 0 Å². The summed E-state index contributed by atoms with van der Waals surface area (Å²) in [6.07, 6.45) is 4.73. The smallest absolute Gasteiger partial charge is 0.123 e. The first-order valence-electron chi connectivity index (χ1n) is 5.82. The van der Waals surface area contributed by atoms with Crippen LogP contribution in [0.15, 0.2) is 22.7 Å². The standard InChI is InChI=1S/C13H17BrFN/c1-16-13-4-2-3-9(13)7-10-8-11(15)5-6-12(10)14/h5-6,8-9,13,16H,2-4,7H2,1H3. The van der Waals surface area contributed by atoms with Crippen molar-refractivity contribution in [2.45, 2.75) is 31.7 Å². The second-order valence-corrected chi connectivity index (χ2v) is 5.38. The molecule has 1 N–H and O–H groups in total. The predicted molar refractivity (Wildman–Crippen MR) is 68.0 cm³/mol. The van der Waals surface area contributed by atoms with E-state index in [9.17, 15) is 4.39 Å². The molecule has 3 heteroatoms. The highest BCUT2D eigenvalue weighted by Gasteiger charge is 2.26. The fourth-order valence-corrected chi connectivity index (χ4v) is 3.05. The molecule has 1 aromatic rings. The zero-order valence-corrected chi connectivity index (χ0v) is 11.1. The van der Waals surface area contributed by atoms with E-state index < -0.39 is 0 Å². The lowest BCUT2D eigenvalue weighted by Gasteiger charge is -2.19. The summed E-state index contributed by atoms with van der Waals surface area (Å²) in [4.78, 5) is 0. The van der Waals surface area contributed by atoms with Crippen LogP contribution < -0.4 is 5.32 Å². The van der Waals surface area contributed by atoms with Crippen molar-refractivity contribution in [3.05, 3.63) is 34.1 Å². The average molecular weight is 286 g/mol. The zero-order valence-electron chi connectivity index (χ0n) is 9.47. The number of benzene rings is 1. The Morgan fingerprint density at radius 2 is 2.25 bits per heavy atom. The van der Waals surface area contributed by atoms with Crippen molar-refractivity contribution in [3.63, 3.8) is 0 Å². The van der Waals surface area contributed by atoms with Crippen molar-refractivity contribution in [2.75, 3.05) is 7.05 Å². The van der Waals surface area contributed by atoms with Crippen LogP contribution in [0.4, 0.5) is 4.39 Å². The van der Waals surface area contributed by atoms with Gasteiger partial charge in [-0.05, 0) is 56.0 Å². The maximum atomic E-state index is 13.2. The minimum Gasteiger partial charge on any atom is -0.317 e. The lowest BCUT2D eigenvalue weighted by atomic mass is 9.95. The van der Waals surface area contributed by atoms with Crippen molar-refractivity contribution in [1.82, 2.24) is 5.32 Å². The van der Waals surface area contributed by atoms with Gasteiger partial charge in [-0.3, -0.25) is 0 Å². The lowest BCUT2D eigenvalue weighted by molar-refractivity contribution is 0.422. The Hall–Kier alpha value is -0.410. The first-order chi connectivity index (χ1) is 7.70. The molecule has 1 fully saturated rings. The summed E-state index contributed by atoms with van der Waals surface area (Å²) in [7, 11) is 2.02. The zero-order chi connectivity index (χ0) is 11.5. The molecule has 0 spiro atoms.